The number of amides is 1. The van der Waals surface area contributed by atoms with Gasteiger partial charge in [-0.1, -0.05) is 41.6 Å². The maximum absolute atomic E-state index is 13.6. The highest BCUT2D eigenvalue weighted by Crippen LogP contribution is 2.50. The van der Waals surface area contributed by atoms with Crippen molar-refractivity contribution in [3.63, 3.8) is 0 Å². The molecule has 1 amide bonds. The highest BCUT2D eigenvalue weighted by atomic mass is 32.2. The lowest BCUT2D eigenvalue weighted by atomic mass is 10.2. The second-order valence-corrected chi connectivity index (χ2v) is 9.22. The summed E-state index contributed by atoms with van der Waals surface area (Å²) in [5, 5.41) is 1.42. The Morgan fingerprint density at radius 1 is 0.903 bits per heavy atom. The van der Waals surface area contributed by atoms with Gasteiger partial charge in [0.25, 0.3) is 5.91 Å². The minimum Gasteiger partial charge on any atom is -0.337 e. The summed E-state index contributed by atoms with van der Waals surface area (Å²) in [6, 6.07) is 21.8. The van der Waals surface area contributed by atoms with Gasteiger partial charge in [0, 0.05) is 11.9 Å². The summed E-state index contributed by atoms with van der Waals surface area (Å²) in [4.78, 5) is 23.6. The van der Waals surface area contributed by atoms with Crippen molar-refractivity contribution in [1.29, 1.82) is 0 Å². The van der Waals surface area contributed by atoms with Gasteiger partial charge in [0.2, 0.25) is 0 Å². The SMILES string of the molecule is Cc1ccc(N=C2S/C(=C3\Sc4ccccc4N3C)C(=O)N2c2ccc(F)cc2)cc1. The van der Waals surface area contributed by atoms with Crippen LogP contribution in [0.25, 0.3) is 0 Å². The van der Waals surface area contributed by atoms with Crippen molar-refractivity contribution in [3.05, 3.63) is 94.1 Å². The summed E-state index contributed by atoms with van der Waals surface area (Å²) in [5.41, 5.74) is 3.55. The highest BCUT2D eigenvalue weighted by Gasteiger charge is 2.40. The second-order valence-electron chi connectivity index (χ2n) is 7.21. The van der Waals surface area contributed by atoms with E-state index in [-0.39, 0.29) is 11.7 Å². The molecule has 31 heavy (non-hydrogen) atoms. The number of carbonyl (C=O) groups is 1. The van der Waals surface area contributed by atoms with Crippen LogP contribution in [-0.2, 0) is 4.79 Å². The van der Waals surface area contributed by atoms with E-state index in [4.69, 9.17) is 4.99 Å². The fourth-order valence-corrected chi connectivity index (χ4v) is 5.77. The predicted octanol–water partition coefficient (Wildman–Crippen LogP) is 6.31. The molecule has 0 radical (unpaired) electrons. The number of fused-ring (bicyclic) bond motifs is 1. The number of para-hydroxylation sites is 1. The van der Waals surface area contributed by atoms with Gasteiger partial charge in [-0.3, -0.25) is 9.69 Å². The van der Waals surface area contributed by atoms with Gasteiger partial charge in [0.05, 0.1) is 22.1 Å². The molecule has 2 aliphatic rings. The van der Waals surface area contributed by atoms with Crippen molar-refractivity contribution in [2.75, 3.05) is 16.8 Å². The normalized spacial score (nSPS) is 19.5. The summed E-state index contributed by atoms with van der Waals surface area (Å²) >= 11 is 2.92. The van der Waals surface area contributed by atoms with Crippen molar-refractivity contribution in [1.82, 2.24) is 0 Å². The van der Waals surface area contributed by atoms with Crippen molar-refractivity contribution in [2.45, 2.75) is 11.8 Å². The Morgan fingerprint density at radius 3 is 2.32 bits per heavy atom. The number of benzene rings is 3. The number of hydrogen-bond donors (Lipinski definition) is 0. The summed E-state index contributed by atoms with van der Waals surface area (Å²) in [6.45, 7) is 2.02. The molecule has 1 saturated heterocycles. The molecule has 0 N–H and O–H groups in total. The number of rotatable bonds is 2. The van der Waals surface area contributed by atoms with E-state index >= 15 is 0 Å². The molecular formula is C24H18FN3OS2. The van der Waals surface area contributed by atoms with Gasteiger partial charge in [0.15, 0.2) is 5.17 Å². The van der Waals surface area contributed by atoms with Gasteiger partial charge in [-0.2, -0.15) is 0 Å². The number of carbonyl (C=O) groups excluding carboxylic acids is 1. The van der Waals surface area contributed by atoms with E-state index in [1.165, 1.54) is 23.9 Å². The molecular weight excluding hydrogens is 429 g/mol. The van der Waals surface area contributed by atoms with E-state index in [1.807, 2.05) is 67.4 Å². The van der Waals surface area contributed by atoms with E-state index in [0.29, 0.717) is 15.8 Å². The molecule has 5 rings (SSSR count). The Labute approximate surface area is 188 Å². The molecule has 7 heteroatoms. The first-order valence-corrected chi connectivity index (χ1v) is 11.3. The van der Waals surface area contributed by atoms with Crippen molar-refractivity contribution >= 4 is 51.7 Å². The molecule has 0 atom stereocenters. The maximum atomic E-state index is 13.6. The largest absolute Gasteiger partial charge is 0.337 e. The van der Waals surface area contributed by atoms with Crippen LogP contribution in [0.2, 0.25) is 0 Å². The lowest BCUT2D eigenvalue weighted by Gasteiger charge is -2.16. The molecule has 3 aromatic carbocycles. The Balaban J connectivity index is 1.61. The average Bonchev–Trinajstić information content (AvgIpc) is 3.27. The van der Waals surface area contributed by atoms with Crippen LogP contribution in [0, 0.1) is 12.7 Å². The number of nitrogens with zero attached hydrogens (tertiary/aromatic N) is 3. The number of halogens is 1. The zero-order valence-corrected chi connectivity index (χ0v) is 18.5. The number of hydrogen-bond acceptors (Lipinski definition) is 5. The molecule has 2 aliphatic heterocycles. The van der Waals surface area contributed by atoms with E-state index in [9.17, 15) is 9.18 Å². The molecule has 1 fully saturated rings. The quantitative estimate of drug-likeness (QED) is 0.431. The topological polar surface area (TPSA) is 35.9 Å². The van der Waals surface area contributed by atoms with Crippen LogP contribution >= 0.6 is 23.5 Å². The Bertz CT molecular complexity index is 1240. The van der Waals surface area contributed by atoms with Crippen molar-refractivity contribution in [2.24, 2.45) is 4.99 Å². The molecule has 0 aromatic heterocycles. The lowest BCUT2D eigenvalue weighted by molar-refractivity contribution is -0.113. The van der Waals surface area contributed by atoms with Gasteiger partial charge < -0.3 is 4.90 Å². The van der Waals surface area contributed by atoms with Crippen LogP contribution in [0.3, 0.4) is 0 Å². The third-order valence-electron chi connectivity index (χ3n) is 5.06. The Morgan fingerprint density at radius 2 is 1.61 bits per heavy atom. The van der Waals surface area contributed by atoms with Gasteiger partial charge in [-0.15, -0.1) is 0 Å². The maximum Gasteiger partial charge on any atom is 0.274 e. The van der Waals surface area contributed by atoms with Crippen molar-refractivity contribution in [3.8, 4) is 0 Å². The molecule has 154 valence electrons. The zero-order valence-electron chi connectivity index (χ0n) is 16.9. The first kappa shape index (κ1) is 19.9. The van der Waals surface area contributed by atoms with Crippen LogP contribution in [0.15, 0.2) is 92.6 Å². The van der Waals surface area contributed by atoms with Crippen LogP contribution in [-0.4, -0.2) is 18.1 Å². The van der Waals surface area contributed by atoms with E-state index in [0.717, 1.165) is 26.9 Å². The first-order chi connectivity index (χ1) is 15.0. The third-order valence-corrected chi connectivity index (χ3v) is 7.45. The van der Waals surface area contributed by atoms with Crippen LogP contribution in [0.1, 0.15) is 5.56 Å². The Hall–Kier alpha value is -3.03. The number of thioether (sulfide) groups is 2. The van der Waals surface area contributed by atoms with Gasteiger partial charge >= 0.3 is 0 Å². The smallest absolute Gasteiger partial charge is 0.274 e. The molecule has 4 nitrogen and oxygen atoms in total. The molecule has 3 aromatic rings. The first-order valence-electron chi connectivity index (χ1n) is 9.69. The standard InChI is InChI=1S/C24H18FN3OS2/c1-15-7-11-17(12-8-15)26-24-28(18-13-9-16(25)10-14-18)22(29)21(31-24)23-27(2)19-5-3-4-6-20(19)30-23/h3-14H,1-2H3/b23-21-,26-24?. The van der Waals surface area contributed by atoms with Crippen molar-refractivity contribution < 1.29 is 9.18 Å². The molecule has 0 spiro atoms. The second kappa shape index (κ2) is 7.90. The summed E-state index contributed by atoms with van der Waals surface area (Å²) in [5.74, 6) is -0.509. The summed E-state index contributed by atoms with van der Waals surface area (Å²) < 4.78 is 13.5. The lowest BCUT2D eigenvalue weighted by Crippen LogP contribution is -2.29. The monoisotopic (exact) mass is 447 g/mol. The highest BCUT2D eigenvalue weighted by molar-refractivity contribution is 8.20. The summed E-state index contributed by atoms with van der Waals surface area (Å²) in [7, 11) is 1.96. The number of anilines is 2. The van der Waals surface area contributed by atoms with Crippen LogP contribution in [0.4, 0.5) is 21.5 Å². The predicted molar refractivity (Wildman–Crippen MR) is 127 cm³/mol. The average molecular weight is 448 g/mol. The third kappa shape index (κ3) is 3.64. The van der Waals surface area contributed by atoms with E-state index < -0.39 is 0 Å². The molecule has 2 heterocycles. The number of aliphatic imine (C=N–C) groups is 1. The minimum absolute atomic E-state index is 0.162. The number of amidine groups is 1. The van der Waals surface area contributed by atoms with Crippen LogP contribution < -0.4 is 9.80 Å². The summed E-state index contributed by atoms with van der Waals surface area (Å²) in [6.07, 6.45) is 0. The van der Waals surface area contributed by atoms with Gasteiger partial charge in [-0.05, 0) is 67.2 Å². The molecule has 0 bridgehead atoms. The van der Waals surface area contributed by atoms with Gasteiger partial charge in [0.1, 0.15) is 10.7 Å². The molecule has 0 aliphatic carbocycles. The van der Waals surface area contributed by atoms with Crippen LogP contribution in [0.5, 0.6) is 0 Å². The fraction of sp³-hybridized carbons (Fsp3) is 0.0833. The van der Waals surface area contributed by atoms with Gasteiger partial charge in [-0.25, -0.2) is 9.38 Å². The number of aryl methyl sites for hydroxylation is 1. The zero-order chi connectivity index (χ0) is 21.5. The Kier molecular flexibility index (Phi) is 5.08. The van der Waals surface area contributed by atoms with E-state index in [2.05, 4.69) is 0 Å². The molecule has 0 unspecified atom stereocenters. The van der Waals surface area contributed by atoms with E-state index in [1.54, 1.807) is 28.8 Å². The minimum atomic E-state index is -0.347. The fourth-order valence-electron chi connectivity index (χ4n) is 3.43. The molecule has 0 saturated carbocycles.